The molecule has 1 saturated carbocycles. The normalized spacial score (nSPS) is 23.6. The average molecular weight is 553 g/mol. The molecule has 1 aliphatic heterocycles. The van der Waals surface area contributed by atoms with E-state index in [2.05, 4.69) is 43.9 Å². The van der Waals surface area contributed by atoms with E-state index in [0.29, 0.717) is 5.75 Å². The summed E-state index contributed by atoms with van der Waals surface area (Å²) in [6.45, 7) is 14.0. The lowest BCUT2D eigenvalue weighted by Gasteiger charge is -2.55. The summed E-state index contributed by atoms with van der Waals surface area (Å²) < 4.78 is 41.0. The standard InChI is InChI=1S/C27H44N2O6SSi/c1-17(23-22(25(31)28-23)27(5,26(2,3)4)35-37(7)8)24(30)20-16-19(14-15-21(20)34-6)36(32,33)29-18-12-10-9-11-13-18/h14-18,22-23,29,37H,9-13H2,1-8H3,(H,28,31)/t17-,22-,23-,27-/m1/s1. The number of sulfonamides is 1. The minimum Gasteiger partial charge on any atom is -0.496 e. The third-order valence-electron chi connectivity index (χ3n) is 8.14. The Balaban J connectivity index is 1.91. The van der Waals surface area contributed by atoms with Crippen LogP contribution in [-0.4, -0.2) is 53.9 Å². The molecule has 1 heterocycles. The number of ether oxygens (including phenoxy) is 1. The van der Waals surface area contributed by atoms with E-state index in [0.717, 1.165) is 32.1 Å². The fraction of sp³-hybridized carbons (Fsp3) is 0.704. The molecule has 1 aliphatic carbocycles. The molecule has 208 valence electrons. The summed E-state index contributed by atoms with van der Waals surface area (Å²) in [5.41, 5.74) is -0.906. The molecule has 4 atom stereocenters. The second kappa shape index (κ2) is 11.2. The van der Waals surface area contributed by atoms with Gasteiger partial charge in [0.05, 0.1) is 35.1 Å². The Morgan fingerprint density at radius 3 is 2.27 bits per heavy atom. The molecule has 1 saturated heterocycles. The van der Waals surface area contributed by atoms with Gasteiger partial charge in [-0.25, -0.2) is 13.1 Å². The van der Waals surface area contributed by atoms with E-state index < -0.39 is 42.5 Å². The predicted molar refractivity (Wildman–Crippen MR) is 147 cm³/mol. The second-order valence-corrected chi connectivity index (χ2v) is 16.1. The summed E-state index contributed by atoms with van der Waals surface area (Å²) >= 11 is 0. The van der Waals surface area contributed by atoms with E-state index in [1.165, 1.54) is 25.3 Å². The molecule has 3 rings (SSSR count). The third kappa shape index (κ3) is 6.13. The van der Waals surface area contributed by atoms with Crippen LogP contribution in [0.15, 0.2) is 23.1 Å². The number of β-lactam (4-membered cyclic amide) rings is 1. The van der Waals surface area contributed by atoms with Crippen molar-refractivity contribution >= 4 is 30.8 Å². The van der Waals surface area contributed by atoms with E-state index in [-0.39, 0.29) is 33.6 Å². The fourth-order valence-electron chi connectivity index (χ4n) is 5.58. The third-order valence-corrected chi connectivity index (χ3v) is 10.6. The van der Waals surface area contributed by atoms with Crippen LogP contribution in [-0.2, 0) is 19.2 Å². The van der Waals surface area contributed by atoms with Gasteiger partial charge in [0.25, 0.3) is 0 Å². The Morgan fingerprint density at radius 1 is 1.14 bits per heavy atom. The van der Waals surface area contributed by atoms with Crippen molar-refractivity contribution in [2.24, 2.45) is 17.3 Å². The highest BCUT2D eigenvalue weighted by Gasteiger charge is 2.59. The van der Waals surface area contributed by atoms with Gasteiger partial charge in [-0.15, -0.1) is 0 Å². The van der Waals surface area contributed by atoms with Crippen LogP contribution in [0.2, 0.25) is 13.1 Å². The van der Waals surface area contributed by atoms with Gasteiger partial charge in [0, 0.05) is 12.0 Å². The monoisotopic (exact) mass is 552 g/mol. The zero-order valence-electron chi connectivity index (χ0n) is 23.5. The summed E-state index contributed by atoms with van der Waals surface area (Å²) in [6, 6.07) is 3.86. The predicted octanol–water partition coefficient (Wildman–Crippen LogP) is 4.04. The lowest BCUT2D eigenvalue weighted by atomic mass is 9.62. The van der Waals surface area contributed by atoms with Gasteiger partial charge in [0.15, 0.2) is 14.8 Å². The number of carbonyl (C=O) groups excluding carboxylic acids is 2. The van der Waals surface area contributed by atoms with Crippen LogP contribution >= 0.6 is 0 Å². The van der Waals surface area contributed by atoms with E-state index in [1.807, 2.05) is 6.92 Å². The van der Waals surface area contributed by atoms with Crippen molar-refractivity contribution in [3.8, 4) is 5.75 Å². The van der Waals surface area contributed by atoms with Crippen molar-refractivity contribution in [3.63, 3.8) is 0 Å². The molecule has 0 bridgehead atoms. The lowest BCUT2D eigenvalue weighted by molar-refractivity contribution is -0.161. The lowest BCUT2D eigenvalue weighted by Crippen LogP contribution is -2.72. The Labute approximate surface area is 224 Å². The van der Waals surface area contributed by atoms with Gasteiger partial charge in [-0.1, -0.05) is 47.0 Å². The molecular formula is C27H44N2O6SSi. The topological polar surface area (TPSA) is 111 Å². The molecule has 0 aromatic heterocycles. The van der Waals surface area contributed by atoms with Crippen LogP contribution in [0.5, 0.6) is 5.75 Å². The molecule has 2 N–H and O–H groups in total. The van der Waals surface area contributed by atoms with E-state index in [4.69, 9.17) is 9.16 Å². The van der Waals surface area contributed by atoms with E-state index in [9.17, 15) is 18.0 Å². The first-order chi connectivity index (χ1) is 17.1. The highest BCUT2D eigenvalue weighted by molar-refractivity contribution is 7.89. The summed E-state index contributed by atoms with van der Waals surface area (Å²) in [4.78, 5) is 26.7. The first-order valence-corrected chi connectivity index (χ1v) is 17.6. The highest BCUT2D eigenvalue weighted by Crippen LogP contribution is 2.46. The maximum atomic E-state index is 13.8. The molecule has 1 aromatic carbocycles. The minimum atomic E-state index is -3.80. The van der Waals surface area contributed by atoms with Crippen molar-refractivity contribution in [1.29, 1.82) is 0 Å². The number of nitrogens with one attached hydrogen (secondary N) is 2. The number of Topliss-reactive ketones (excluding diaryl/α,β-unsaturated/α-hetero) is 1. The number of ketones is 1. The smallest absolute Gasteiger partial charge is 0.240 e. The maximum Gasteiger partial charge on any atom is 0.240 e. The number of benzene rings is 1. The van der Waals surface area contributed by atoms with Crippen molar-refractivity contribution < 1.29 is 27.2 Å². The number of hydrogen-bond acceptors (Lipinski definition) is 6. The molecule has 2 fully saturated rings. The summed E-state index contributed by atoms with van der Waals surface area (Å²) in [6.07, 6.45) is 4.75. The number of methoxy groups -OCH3 is 1. The minimum absolute atomic E-state index is 0.0392. The van der Waals surface area contributed by atoms with Gasteiger partial charge in [-0.2, -0.15) is 0 Å². The summed E-state index contributed by atoms with van der Waals surface area (Å²) in [5, 5.41) is 2.94. The molecule has 1 aromatic rings. The molecule has 0 unspecified atom stereocenters. The van der Waals surface area contributed by atoms with Gasteiger partial charge in [-0.3, -0.25) is 9.59 Å². The Kier molecular flexibility index (Phi) is 8.99. The number of rotatable bonds is 10. The summed E-state index contributed by atoms with van der Waals surface area (Å²) in [5.74, 6) is -1.22. The van der Waals surface area contributed by atoms with Crippen LogP contribution in [0, 0.1) is 17.3 Å². The first-order valence-electron chi connectivity index (χ1n) is 13.3. The van der Waals surface area contributed by atoms with Gasteiger partial charge in [0.2, 0.25) is 15.9 Å². The molecule has 8 nitrogen and oxygen atoms in total. The second-order valence-electron chi connectivity index (χ2n) is 12.0. The highest BCUT2D eigenvalue weighted by atomic mass is 32.2. The van der Waals surface area contributed by atoms with Crippen molar-refractivity contribution in [2.75, 3.05) is 7.11 Å². The van der Waals surface area contributed by atoms with Crippen LogP contribution in [0.3, 0.4) is 0 Å². The van der Waals surface area contributed by atoms with Crippen LogP contribution < -0.4 is 14.8 Å². The largest absolute Gasteiger partial charge is 0.496 e. The number of hydrogen-bond donors (Lipinski definition) is 2. The maximum absolute atomic E-state index is 13.8. The Hall–Kier alpha value is -1.75. The van der Waals surface area contributed by atoms with Crippen LogP contribution in [0.1, 0.15) is 77.1 Å². The molecule has 1 amide bonds. The molecular weight excluding hydrogens is 508 g/mol. The Bertz CT molecular complexity index is 1110. The average Bonchev–Trinajstić information content (AvgIpc) is 2.80. The van der Waals surface area contributed by atoms with Gasteiger partial charge < -0.3 is 14.5 Å². The van der Waals surface area contributed by atoms with Crippen LogP contribution in [0.25, 0.3) is 0 Å². The molecule has 10 heteroatoms. The first kappa shape index (κ1) is 29.8. The number of carbonyl (C=O) groups is 2. The number of amides is 1. The van der Waals surface area contributed by atoms with Gasteiger partial charge in [-0.05, 0) is 56.5 Å². The van der Waals surface area contributed by atoms with E-state index in [1.54, 1.807) is 6.92 Å². The Morgan fingerprint density at radius 2 is 1.76 bits per heavy atom. The zero-order valence-corrected chi connectivity index (χ0v) is 25.5. The van der Waals surface area contributed by atoms with E-state index >= 15 is 0 Å². The van der Waals surface area contributed by atoms with Gasteiger partial charge >= 0.3 is 0 Å². The van der Waals surface area contributed by atoms with Crippen molar-refractivity contribution in [2.45, 2.75) is 102 Å². The van der Waals surface area contributed by atoms with Crippen molar-refractivity contribution in [3.05, 3.63) is 23.8 Å². The molecule has 0 radical (unpaired) electrons. The van der Waals surface area contributed by atoms with Crippen LogP contribution in [0.4, 0.5) is 0 Å². The summed E-state index contributed by atoms with van der Waals surface area (Å²) in [7, 11) is -3.86. The van der Waals surface area contributed by atoms with Gasteiger partial charge in [0.1, 0.15) is 5.75 Å². The zero-order chi connectivity index (χ0) is 27.8. The fourth-order valence-corrected chi connectivity index (χ4v) is 8.39. The molecule has 2 aliphatic rings. The quantitative estimate of drug-likeness (QED) is 0.257. The molecule has 37 heavy (non-hydrogen) atoms. The molecule has 0 spiro atoms. The SMILES string of the molecule is COc1ccc(S(=O)(=O)NC2CCCCC2)cc1C(=O)[C@H](C)[C@H]1NC(=O)[C@@H]1[C@@](C)(O[SiH](C)C)C(C)(C)C. The van der Waals surface area contributed by atoms with Crippen molar-refractivity contribution in [1.82, 2.24) is 10.0 Å².